The summed E-state index contributed by atoms with van der Waals surface area (Å²) < 4.78 is 20.6. The van der Waals surface area contributed by atoms with Crippen molar-refractivity contribution in [2.75, 3.05) is 34.0 Å². The zero-order valence-electron chi connectivity index (χ0n) is 16.3. The predicted molar refractivity (Wildman–Crippen MR) is 104 cm³/mol. The molecule has 0 atom stereocenters. The molecule has 0 radical (unpaired) electrons. The molecule has 2 aromatic rings. The average molecular weight is 387 g/mol. The van der Waals surface area contributed by atoms with Crippen LogP contribution in [0.3, 0.4) is 0 Å². The number of benzene rings is 2. The largest absolute Gasteiger partial charge is 0.497 e. The molecule has 0 heterocycles. The summed E-state index contributed by atoms with van der Waals surface area (Å²) in [4.78, 5) is 23.5. The second-order valence-electron chi connectivity index (χ2n) is 6.05. The number of hydrogen-bond donors (Lipinski definition) is 1. The van der Waals surface area contributed by atoms with Crippen LogP contribution in [0.5, 0.6) is 17.2 Å². The van der Waals surface area contributed by atoms with E-state index < -0.39 is 5.97 Å². The van der Waals surface area contributed by atoms with Crippen molar-refractivity contribution in [2.24, 2.45) is 0 Å². The van der Waals surface area contributed by atoms with Crippen LogP contribution < -0.4 is 19.5 Å². The molecule has 150 valence electrons. The molecule has 2 aromatic carbocycles. The highest BCUT2D eigenvalue weighted by Gasteiger charge is 2.11. The molecule has 0 saturated carbocycles. The van der Waals surface area contributed by atoms with E-state index in [1.165, 1.54) is 7.11 Å². The summed E-state index contributed by atoms with van der Waals surface area (Å²) in [5.74, 6) is 0.756. The maximum atomic E-state index is 11.8. The number of esters is 1. The Bertz CT molecular complexity index is 788. The molecule has 0 spiro atoms. The van der Waals surface area contributed by atoms with Gasteiger partial charge in [0.1, 0.15) is 5.75 Å². The van der Waals surface area contributed by atoms with Crippen LogP contribution in [0.1, 0.15) is 11.1 Å². The second-order valence-corrected chi connectivity index (χ2v) is 6.05. The van der Waals surface area contributed by atoms with Gasteiger partial charge in [-0.05, 0) is 48.7 Å². The first kappa shape index (κ1) is 21.1. The lowest BCUT2D eigenvalue weighted by Gasteiger charge is -2.11. The Hall–Kier alpha value is -3.22. The Morgan fingerprint density at radius 1 is 0.929 bits per heavy atom. The zero-order valence-corrected chi connectivity index (χ0v) is 16.3. The van der Waals surface area contributed by atoms with E-state index in [4.69, 9.17) is 18.9 Å². The minimum atomic E-state index is -0.632. The summed E-state index contributed by atoms with van der Waals surface area (Å²) in [5.41, 5.74) is 2.08. The molecule has 0 fully saturated rings. The third-order valence-corrected chi connectivity index (χ3v) is 3.92. The van der Waals surface area contributed by atoms with Gasteiger partial charge in [0.25, 0.3) is 5.91 Å². The normalized spacial score (nSPS) is 10.1. The van der Waals surface area contributed by atoms with Crippen LogP contribution in [0.2, 0.25) is 0 Å². The molecule has 0 unspecified atom stereocenters. The van der Waals surface area contributed by atoms with Gasteiger partial charge in [-0.2, -0.15) is 0 Å². The van der Waals surface area contributed by atoms with Gasteiger partial charge < -0.3 is 24.3 Å². The van der Waals surface area contributed by atoms with Crippen LogP contribution >= 0.6 is 0 Å². The fraction of sp³-hybridized carbons (Fsp3) is 0.333. The number of aryl methyl sites for hydroxylation is 1. The van der Waals surface area contributed by atoms with Gasteiger partial charge in [-0.3, -0.25) is 4.79 Å². The van der Waals surface area contributed by atoms with E-state index in [0.29, 0.717) is 24.5 Å². The Kier molecular flexibility index (Phi) is 8.14. The van der Waals surface area contributed by atoms with Crippen molar-refractivity contribution >= 4 is 11.9 Å². The van der Waals surface area contributed by atoms with Crippen LogP contribution in [0.25, 0.3) is 0 Å². The first-order valence-corrected chi connectivity index (χ1v) is 8.84. The molecule has 1 N–H and O–H groups in total. The minimum absolute atomic E-state index is 0.307. The van der Waals surface area contributed by atoms with Gasteiger partial charge in [0, 0.05) is 6.54 Å². The van der Waals surface area contributed by atoms with Gasteiger partial charge in [0.05, 0.1) is 14.2 Å². The Labute approximate surface area is 164 Å². The van der Waals surface area contributed by atoms with Crippen LogP contribution in [0, 0.1) is 6.92 Å². The van der Waals surface area contributed by atoms with E-state index >= 15 is 0 Å². The van der Waals surface area contributed by atoms with Crippen LogP contribution in [0.4, 0.5) is 0 Å². The lowest BCUT2D eigenvalue weighted by Crippen LogP contribution is -2.31. The summed E-state index contributed by atoms with van der Waals surface area (Å²) in [6, 6.07) is 13.0. The molecule has 0 aromatic heterocycles. The Morgan fingerprint density at radius 3 is 2.36 bits per heavy atom. The van der Waals surface area contributed by atoms with Gasteiger partial charge in [-0.1, -0.05) is 18.2 Å². The van der Waals surface area contributed by atoms with Gasteiger partial charge in [-0.25, -0.2) is 4.79 Å². The van der Waals surface area contributed by atoms with Crippen LogP contribution in [-0.2, 0) is 20.7 Å². The topological polar surface area (TPSA) is 83.1 Å². The number of carbonyl (C=O) groups is 2. The maximum absolute atomic E-state index is 11.8. The van der Waals surface area contributed by atoms with Crippen molar-refractivity contribution in [1.29, 1.82) is 0 Å². The zero-order chi connectivity index (χ0) is 20.4. The third-order valence-electron chi connectivity index (χ3n) is 3.92. The maximum Gasteiger partial charge on any atom is 0.344 e. The fourth-order valence-electron chi connectivity index (χ4n) is 2.41. The molecule has 28 heavy (non-hydrogen) atoms. The first-order chi connectivity index (χ1) is 13.5. The number of methoxy groups -OCH3 is 2. The summed E-state index contributed by atoms with van der Waals surface area (Å²) in [6.45, 7) is 1.71. The molecule has 0 aliphatic carbocycles. The van der Waals surface area contributed by atoms with Crippen LogP contribution in [-0.4, -0.2) is 45.9 Å². The van der Waals surface area contributed by atoms with Gasteiger partial charge in [0.15, 0.2) is 24.7 Å². The van der Waals surface area contributed by atoms with E-state index in [9.17, 15) is 9.59 Å². The highest BCUT2D eigenvalue weighted by molar-refractivity contribution is 5.80. The van der Waals surface area contributed by atoms with E-state index in [0.717, 1.165) is 16.9 Å². The molecule has 7 heteroatoms. The first-order valence-electron chi connectivity index (χ1n) is 8.84. The van der Waals surface area contributed by atoms with Crippen molar-refractivity contribution in [3.63, 3.8) is 0 Å². The number of ether oxygens (including phenoxy) is 4. The molecule has 2 rings (SSSR count). The van der Waals surface area contributed by atoms with Crippen molar-refractivity contribution in [1.82, 2.24) is 5.32 Å². The summed E-state index contributed by atoms with van der Waals surface area (Å²) in [5, 5.41) is 2.71. The van der Waals surface area contributed by atoms with Gasteiger partial charge >= 0.3 is 5.97 Å². The highest BCUT2D eigenvalue weighted by atomic mass is 16.6. The van der Waals surface area contributed by atoms with E-state index in [1.54, 1.807) is 19.2 Å². The Balaban J connectivity index is 1.65. The molecular weight excluding hydrogens is 362 g/mol. The van der Waals surface area contributed by atoms with E-state index in [-0.39, 0.29) is 19.1 Å². The van der Waals surface area contributed by atoms with Crippen LogP contribution in [0.15, 0.2) is 42.5 Å². The summed E-state index contributed by atoms with van der Waals surface area (Å²) >= 11 is 0. The smallest absolute Gasteiger partial charge is 0.344 e. The number of amides is 1. The number of carbonyl (C=O) groups excluding carboxylic acids is 2. The van der Waals surface area contributed by atoms with Crippen molar-refractivity contribution in [3.8, 4) is 17.2 Å². The summed E-state index contributed by atoms with van der Waals surface area (Å²) in [7, 11) is 3.13. The number of rotatable bonds is 10. The Morgan fingerprint density at radius 2 is 1.68 bits per heavy atom. The lowest BCUT2D eigenvalue weighted by molar-refractivity contribution is -0.150. The molecule has 0 aliphatic rings. The predicted octanol–water partition coefficient (Wildman–Crippen LogP) is 2.29. The standard InChI is InChI=1S/C21H25NO6/c1-15-4-9-18(19(12-15)26-3)27-14-21(24)28-13-20(23)22-11-10-16-5-7-17(25-2)8-6-16/h4-9,12H,10-11,13-14H2,1-3H3,(H,22,23). The SMILES string of the molecule is COc1ccc(CCNC(=O)COC(=O)COc2ccc(C)cc2OC)cc1. The van der Waals surface area contributed by atoms with Crippen molar-refractivity contribution in [3.05, 3.63) is 53.6 Å². The quantitative estimate of drug-likeness (QED) is 0.630. The molecule has 0 bridgehead atoms. The van der Waals surface area contributed by atoms with Crippen molar-refractivity contribution in [2.45, 2.75) is 13.3 Å². The second kappa shape index (κ2) is 10.8. The molecular formula is C21H25NO6. The molecule has 0 saturated heterocycles. The van der Waals surface area contributed by atoms with Gasteiger partial charge in [0.2, 0.25) is 0 Å². The average Bonchev–Trinajstić information content (AvgIpc) is 2.71. The minimum Gasteiger partial charge on any atom is -0.497 e. The lowest BCUT2D eigenvalue weighted by atomic mass is 10.1. The molecule has 7 nitrogen and oxygen atoms in total. The van der Waals surface area contributed by atoms with Gasteiger partial charge in [-0.15, -0.1) is 0 Å². The van der Waals surface area contributed by atoms with Crippen molar-refractivity contribution < 1.29 is 28.5 Å². The monoisotopic (exact) mass is 387 g/mol. The summed E-state index contributed by atoms with van der Waals surface area (Å²) in [6.07, 6.45) is 0.667. The third kappa shape index (κ3) is 6.83. The highest BCUT2D eigenvalue weighted by Crippen LogP contribution is 2.27. The number of nitrogens with one attached hydrogen (secondary N) is 1. The molecule has 1 amide bonds. The number of hydrogen-bond acceptors (Lipinski definition) is 6. The van der Waals surface area contributed by atoms with E-state index in [2.05, 4.69) is 5.32 Å². The fourth-order valence-corrected chi connectivity index (χ4v) is 2.41. The molecule has 0 aliphatic heterocycles. The van der Waals surface area contributed by atoms with E-state index in [1.807, 2.05) is 37.3 Å².